The number of nitrogens with two attached hydrogens (primary N) is 1. The van der Waals surface area contributed by atoms with Gasteiger partial charge in [-0.2, -0.15) is 0 Å². The van der Waals surface area contributed by atoms with Gasteiger partial charge >= 0.3 is 0 Å². The first-order valence-electron chi connectivity index (χ1n) is 5.37. The fourth-order valence-electron chi connectivity index (χ4n) is 1.48. The molecular weight excluding hydrogens is 236 g/mol. The van der Waals surface area contributed by atoms with E-state index in [1.165, 1.54) is 0 Å². The van der Waals surface area contributed by atoms with Gasteiger partial charge in [0.1, 0.15) is 5.75 Å². The van der Waals surface area contributed by atoms with Gasteiger partial charge in [0.25, 0.3) is 0 Å². The molecule has 0 aliphatic rings. The summed E-state index contributed by atoms with van der Waals surface area (Å²) in [5, 5.41) is 0.681. The molecule has 0 aliphatic heterocycles. The van der Waals surface area contributed by atoms with Crippen LogP contribution >= 0.6 is 11.6 Å². The van der Waals surface area contributed by atoms with E-state index in [1.807, 2.05) is 24.3 Å². The highest BCUT2D eigenvalue weighted by Crippen LogP contribution is 2.24. The van der Waals surface area contributed by atoms with Gasteiger partial charge in [0.05, 0.1) is 0 Å². The molecule has 2 N–H and O–H groups in total. The number of hydrogen-bond donors (Lipinski definition) is 1. The molecule has 4 heteroatoms. The Bertz CT molecular complexity index is 485. The lowest BCUT2D eigenvalue weighted by Crippen LogP contribution is -2.04. The summed E-state index contributed by atoms with van der Waals surface area (Å²) in [5.41, 5.74) is 6.55. The number of aromatic nitrogens is 1. The number of benzene rings is 1. The van der Waals surface area contributed by atoms with Crippen LogP contribution in [-0.4, -0.2) is 11.5 Å². The van der Waals surface area contributed by atoms with Crippen molar-refractivity contribution in [3.8, 4) is 11.6 Å². The van der Waals surface area contributed by atoms with E-state index in [2.05, 4.69) is 4.98 Å². The van der Waals surface area contributed by atoms with Gasteiger partial charge < -0.3 is 10.5 Å². The molecule has 0 unspecified atom stereocenters. The van der Waals surface area contributed by atoms with Gasteiger partial charge in [-0.25, -0.2) is 4.98 Å². The van der Waals surface area contributed by atoms with Crippen LogP contribution < -0.4 is 10.5 Å². The Labute approximate surface area is 105 Å². The summed E-state index contributed by atoms with van der Waals surface area (Å²) in [7, 11) is 0. The Morgan fingerprint density at radius 1 is 1.18 bits per heavy atom. The molecule has 2 rings (SSSR count). The quantitative estimate of drug-likeness (QED) is 0.905. The molecule has 2 aromatic rings. The standard InChI is InChI=1S/C13H13ClN2O/c14-11-3-5-12(6-4-11)17-13-10(7-8-15)2-1-9-16-13/h1-6,9H,7-8,15H2. The summed E-state index contributed by atoms with van der Waals surface area (Å²) in [5.74, 6) is 1.31. The SMILES string of the molecule is NCCc1cccnc1Oc1ccc(Cl)cc1. The molecule has 88 valence electrons. The van der Waals surface area contributed by atoms with Crippen LogP contribution in [0.3, 0.4) is 0 Å². The number of nitrogens with zero attached hydrogens (tertiary/aromatic N) is 1. The van der Waals surface area contributed by atoms with Crippen molar-refractivity contribution in [3.63, 3.8) is 0 Å². The zero-order valence-electron chi connectivity index (χ0n) is 9.27. The lowest BCUT2D eigenvalue weighted by atomic mass is 10.2. The van der Waals surface area contributed by atoms with Crippen LogP contribution in [0.4, 0.5) is 0 Å². The largest absolute Gasteiger partial charge is 0.439 e. The van der Waals surface area contributed by atoms with E-state index in [1.54, 1.807) is 18.3 Å². The Kier molecular flexibility index (Phi) is 3.96. The maximum atomic E-state index is 5.81. The Morgan fingerprint density at radius 3 is 2.65 bits per heavy atom. The van der Waals surface area contributed by atoms with Gasteiger partial charge in [-0.15, -0.1) is 0 Å². The maximum absolute atomic E-state index is 5.81. The first-order chi connectivity index (χ1) is 8.29. The first kappa shape index (κ1) is 11.9. The Hall–Kier alpha value is -1.58. The summed E-state index contributed by atoms with van der Waals surface area (Å²) < 4.78 is 5.69. The molecule has 17 heavy (non-hydrogen) atoms. The van der Waals surface area contributed by atoms with Crippen LogP contribution in [0.1, 0.15) is 5.56 Å². The molecule has 3 nitrogen and oxygen atoms in total. The van der Waals surface area contributed by atoms with Gasteiger partial charge in [-0.05, 0) is 43.3 Å². The van der Waals surface area contributed by atoms with E-state index >= 15 is 0 Å². The van der Waals surface area contributed by atoms with Crippen LogP contribution in [0.15, 0.2) is 42.6 Å². The van der Waals surface area contributed by atoms with Crippen molar-refractivity contribution in [1.29, 1.82) is 0 Å². The zero-order chi connectivity index (χ0) is 12.1. The number of pyridine rings is 1. The third-order valence-corrected chi connectivity index (χ3v) is 2.54. The van der Waals surface area contributed by atoms with E-state index in [9.17, 15) is 0 Å². The fourth-order valence-corrected chi connectivity index (χ4v) is 1.60. The number of rotatable bonds is 4. The van der Waals surface area contributed by atoms with Crippen molar-refractivity contribution < 1.29 is 4.74 Å². The average Bonchev–Trinajstić information content (AvgIpc) is 2.35. The zero-order valence-corrected chi connectivity index (χ0v) is 10.0. The molecule has 1 aromatic carbocycles. The minimum atomic E-state index is 0.572. The minimum absolute atomic E-state index is 0.572. The molecule has 0 saturated heterocycles. The highest BCUT2D eigenvalue weighted by Gasteiger charge is 2.05. The molecule has 0 bridgehead atoms. The van der Waals surface area contributed by atoms with Crippen molar-refractivity contribution in [3.05, 3.63) is 53.2 Å². The second kappa shape index (κ2) is 5.66. The smallest absolute Gasteiger partial charge is 0.222 e. The Balaban J connectivity index is 2.20. The highest BCUT2D eigenvalue weighted by molar-refractivity contribution is 6.30. The molecule has 0 atom stereocenters. The predicted molar refractivity (Wildman–Crippen MR) is 68.5 cm³/mol. The van der Waals surface area contributed by atoms with Crippen LogP contribution in [-0.2, 0) is 6.42 Å². The molecule has 0 fully saturated rings. The van der Waals surface area contributed by atoms with Crippen LogP contribution in [0.25, 0.3) is 0 Å². The summed E-state index contributed by atoms with van der Waals surface area (Å²) in [6, 6.07) is 11.0. The normalized spacial score (nSPS) is 10.2. The van der Waals surface area contributed by atoms with Crippen molar-refractivity contribution >= 4 is 11.6 Å². The molecule has 0 saturated carbocycles. The van der Waals surface area contributed by atoms with Crippen LogP contribution in [0.5, 0.6) is 11.6 Å². The van der Waals surface area contributed by atoms with Crippen molar-refractivity contribution in [2.24, 2.45) is 5.73 Å². The molecule has 0 radical (unpaired) electrons. The van der Waals surface area contributed by atoms with E-state index < -0.39 is 0 Å². The summed E-state index contributed by atoms with van der Waals surface area (Å²) in [6.07, 6.45) is 2.45. The van der Waals surface area contributed by atoms with Crippen molar-refractivity contribution in [2.75, 3.05) is 6.54 Å². The topological polar surface area (TPSA) is 48.1 Å². The van der Waals surface area contributed by atoms with Crippen LogP contribution in [0, 0.1) is 0 Å². The summed E-state index contributed by atoms with van der Waals surface area (Å²) in [4.78, 5) is 4.20. The van der Waals surface area contributed by atoms with Gasteiger partial charge in [-0.3, -0.25) is 0 Å². The van der Waals surface area contributed by atoms with Crippen LogP contribution in [0.2, 0.25) is 5.02 Å². The van der Waals surface area contributed by atoms with E-state index in [-0.39, 0.29) is 0 Å². The second-order valence-electron chi connectivity index (χ2n) is 3.56. The van der Waals surface area contributed by atoms with E-state index in [0.717, 1.165) is 12.0 Å². The number of halogens is 1. The fraction of sp³-hybridized carbons (Fsp3) is 0.154. The minimum Gasteiger partial charge on any atom is -0.439 e. The van der Waals surface area contributed by atoms with Crippen molar-refractivity contribution in [1.82, 2.24) is 4.98 Å². The lowest BCUT2D eigenvalue weighted by Gasteiger charge is -2.08. The van der Waals surface area contributed by atoms with E-state index in [4.69, 9.17) is 22.1 Å². The maximum Gasteiger partial charge on any atom is 0.222 e. The van der Waals surface area contributed by atoms with Crippen molar-refractivity contribution in [2.45, 2.75) is 6.42 Å². The van der Waals surface area contributed by atoms with E-state index in [0.29, 0.717) is 23.2 Å². The molecule has 1 heterocycles. The van der Waals surface area contributed by atoms with Gasteiger partial charge in [0, 0.05) is 16.8 Å². The highest BCUT2D eigenvalue weighted by atomic mass is 35.5. The average molecular weight is 249 g/mol. The third kappa shape index (κ3) is 3.19. The molecule has 1 aromatic heterocycles. The predicted octanol–water partition coefficient (Wildman–Crippen LogP) is 3.03. The second-order valence-corrected chi connectivity index (χ2v) is 4.00. The van der Waals surface area contributed by atoms with Gasteiger partial charge in [0.2, 0.25) is 5.88 Å². The lowest BCUT2D eigenvalue weighted by molar-refractivity contribution is 0.456. The monoisotopic (exact) mass is 248 g/mol. The van der Waals surface area contributed by atoms with Gasteiger partial charge in [0.15, 0.2) is 0 Å². The summed E-state index contributed by atoms with van der Waals surface area (Å²) >= 11 is 5.81. The number of ether oxygens (including phenoxy) is 1. The molecule has 0 amide bonds. The Morgan fingerprint density at radius 2 is 1.94 bits per heavy atom. The molecule has 0 aliphatic carbocycles. The molecule has 0 spiro atoms. The number of hydrogen-bond acceptors (Lipinski definition) is 3. The first-order valence-corrected chi connectivity index (χ1v) is 5.75. The van der Waals surface area contributed by atoms with Gasteiger partial charge in [-0.1, -0.05) is 17.7 Å². The summed E-state index contributed by atoms with van der Waals surface area (Å²) in [6.45, 7) is 0.572. The molecular formula is C13H13ClN2O. The third-order valence-electron chi connectivity index (χ3n) is 2.29.